The van der Waals surface area contributed by atoms with Gasteiger partial charge in [0.15, 0.2) is 0 Å². The molecule has 1 amide bonds. The molecule has 0 saturated heterocycles. The highest BCUT2D eigenvalue weighted by Crippen LogP contribution is 2.13. The van der Waals surface area contributed by atoms with Crippen LogP contribution < -0.4 is 5.32 Å². The van der Waals surface area contributed by atoms with Gasteiger partial charge in [-0.1, -0.05) is 22.9 Å². The molecule has 1 atom stereocenters. The molecule has 1 unspecified atom stereocenters. The van der Waals surface area contributed by atoms with Gasteiger partial charge in [0.25, 0.3) is 5.91 Å². The molecule has 1 aromatic rings. The number of amides is 1. The molecule has 5 heteroatoms. The first kappa shape index (κ1) is 12.6. The maximum atomic E-state index is 11.8. The molecule has 3 nitrogen and oxygen atoms in total. The number of pyridine rings is 1. The van der Waals surface area contributed by atoms with Gasteiger partial charge in [-0.3, -0.25) is 4.79 Å². The van der Waals surface area contributed by atoms with E-state index >= 15 is 0 Å². The summed E-state index contributed by atoms with van der Waals surface area (Å²) in [6, 6.07) is 3.73. The average molecular weight is 336 g/mol. The second kappa shape index (κ2) is 6.23. The Bertz CT molecular complexity index is 340. The summed E-state index contributed by atoms with van der Waals surface area (Å²) in [4.78, 5) is 15.8. The van der Waals surface area contributed by atoms with E-state index in [1.54, 1.807) is 18.3 Å². The van der Waals surface area contributed by atoms with Crippen LogP contribution in [-0.4, -0.2) is 22.3 Å². The van der Waals surface area contributed by atoms with E-state index in [2.05, 4.69) is 42.2 Å². The summed E-state index contributed by atoms with van der Waals surface area (Å²) >= 11 is 6.64. The Kier molecular flexibility index (Phi) is 5.25. The maximum Gasteiger partial charge on any atom is 0.271 e. The molecule has 15 heavy (non-hydrogen) atoms. The predicted molar refractivity (Wildman–Crippen MR) is 67.3 cm³/mol. The van der Waals surface area contributed by atoms with E-state index in [1.165, 1.54) is 0 Å². The monoisotopic (exact) mass is 334 g/mol. The molecular formula is C10H12Br2N2O. The normalized spacial score (nSPS) is 12.2. The maximum absolute atomic E-state index is 11.8. The van der Waals surface area contributed by atoms with Crippen LogP contribution in [0.3, 0.4) is 0 Å². The number of halogens is 2. The van der Waals surface area contributed by atoms with Gasteiger partial charge in [-0.15, -0.1) is 0 Å². The number of nitrogens with zero attached hydrogens (tertiary/aromatic N) is 1. The lowest BCUT2D eigenvalue weighted by Crippen LogP contribution is -2.36. The van der Waals surface area contributed by atoms with Crippen molar-refractivity contribution in [2.75, 3.05) is 5.33 Å². The zero-order valence-corrected chi connectivity index (χ0v) is 11.5. The quantitative estimate of drug-likeness (QED) is 0.860. The van der Waals surface area contributed by atoms with Gasteiger partial charge < -0.3 is 5.32 Å². The lowest BCUT2D eigenvalue weighted by atomic mass is 10.2. The molecule has 1 heterocycles. The number of hydrogen-bond donors (Lipinski definition) is 1. The van der Waals surface area contributed by atoms with Gasteiger partial charge in [0.05, 0.1) is 0 Å². The van der Waals surface area contributed by atoms with Gasteiger partial charge in [-0.05, 0) is 34.5 Å². The van der Waals surface area contributed by atoms with E-state index in [0.717, 1.165) is 11.8 Å². The van der Waals surface area contributed by atoms with Crippen molar-refractivity contribution in [3.05, 3.63) is 28.5 Å². The molecule has 0 aliphatic rings. The highest BCUT2D eigenvalue weighted by atomic mass is 79.9. The third kappa shape index (κ3) is 3.57. The topological polar surface area (TPSA) is 42.0 Å². The van der Waals surface area contributed by atoms with Gasteiger partial charge in [0.2, 0.25) is 0 Å². The van der Waals surface area contributed by atoms with Crippen molar-refractivity contribution in [1.29, 1.82) is 0 Å². The molecule has 0 spiro atoms. The van der Waals surface area contributed by atoms with Crippen molar-refractivity contribution in [2.24, 2.45) is 0 Å². The Hall–Kier alpha value is -0.420. The van der Waals surface area contributed by atoms with Gasteiger partial charge in [0, 0.05) is 22.0 Å². The fraction of sp³-hybridized carbons (Fsp3) is 0.400. The van der Waals surface area contributed by atoms with E-state index in [0.29, 0.717) is 10.2 Å². The molecule has 0 aliphatic carbocycles. The van der Waals surface area contributed by atoms with Crippen molar-refractivity contribution in [3.63, 3.8) is 0 Å². The smallest absolute Gasteiger partial charge is 0.271 e. The highest BCUT2D eigenvalue weighted by molar-refractivity contribution is 9.10. The zero-order chi connectivity index (χ0) is 11.3. The van der Waals surface area contributed by atoms with Crippen LogP contribution in [0.1, 0.15) is 23.8 Å². The summed E-state index contributed by atoms with van der Waals surface area (Å²) in [5.41, 5.74) is 0.428. The molecule has 0 saturated carbocycles. The first-order chi connectivity index (χ1) is 7.19. The Labute approximate surface area is 106 Å². The summed E-state index contributed by atoms with van der Waals surface area (Å²) in [6.07, 6.45) is 2.50. The number of aromatic nitrogens is 1. The second-order valence-electron chi connectivity index (χ2n) is 3.07. The molecule has 0 aromatic carbocycles. The lowest BCUT2D eigenvalue weighted by Gasteiger charge is -2.13. The van der Waals surface area contributed by atoms with Crippen LogP contribution in [0, 0.1) is 0 Å². The van der Waals surface area contributed by atoms with Gasteiger partial charge in [0.1, 0.15) is 5.69 Å². The van der Waals surface area contributed by atoms with Crippen LogP contribution in [-0.2, 0) is 0 Å². The number of carbonyl (C=O) groups is 1. The van der Waals surface area contributed by atoms with Gasteiger partial charge >= 0.3 is 0 Å². The highest BCUT2D eigenvalue weighted by Gasteiger charge is 2.14. The molecule has 0 bridgehead atoms. The summed E-state index contributed by atoms with van der Waals surface area (Å²) < 4.78 is 0.715. The molecule has 0 radical (unpaired) electrons. The summed E-state index contributed by atoms with van der Waals surface area (Å²) in [5.74, 6) is -0.145. The largest absolute Gasteiger partial charge is 0.347 e. The Morgan fingerprint density at radius 3 is 2.93 bits per heavy atom. The molecule has 1 N–H and O–H groups in total. The Morgan fingerprint density at radius 1 is 1.67 bits per heavy atom. The molecule has 1 aromatic heterocycles. The van der Waals surface area contributed by atoms with Gasteiger partial charge in [-0.25, -0.2) is 4.98 Å². The Balaban J connectivity index is 2.73. The van der Waals surface area contributed by atoms with E-state index in [1.807, 2.05) is 6.92 Å². The molecule has 0 fully saturated rings. The summed E-state index contributed by atoms with van der Waals surface area (Å²) in [5, 5.41) is 3.64. The van der Waals surface area contributed by atoms with Crippen molar-refractivity contribution >= 4 is 37.8 Å². The van der Waals surface area contributed by atoms with E-state index in [-0.39, 0.29) is 11.9 Å². The predicted octanol–water partition coefficient (Wildman–Crippen LogP) is 2.75. The molecular weight excluding hydrogens is 324 g/mol. The SMILES string of the molecule is CCC(CBr)NC(=O)c1ncccc1Br. The fourth-order valence-corrected chi connectivity index (χ4v) is 2.11. The standard InChI is InChI=1S/C10H12Br2N2O/c1-2-7(6-11)14-10(15)9-8(12)4-3-5-13-9/h3-5,7H,2,6H2,1H3,(H,14,15). The molecule has 0 aliphatic heterocycles. The van der Waals surface area contributed by atoms with Crippen molar-refractivity contribution in [3.8, 4) is 0 Å². The van der Waals surface area contributed by atoms with Crippen molar-refractivity contribution in [2.45, 2.75) is 19.4 Å². The second-order valence-corrected chi connectivity index (χ2v) is 4.57. The minimum absolute atomic E-state index is 0.145. The van der Waals surface area contributed by atoms with Crippen LogP contribution in [0.2, 0.25) is 0 Å². The number of alkyl halides is 1. The number of nitrogens with one attached hydrogen (secondary N) is 1. The third-order valence-electron chi connectivity index (χ3n) is 1.99. The molecule has 82 valence electrons. The van der Waals surface area contributed by atoms with E-state index < -0.39 is 0 Å². The first-order valence-electron chi connectivity index (χ1n) is 4.66. The zero-order valence-electron chi connectivity index (χ0n) is 8.34. The molecule has 1 rings (SSSR count). The number of rotatable bonds is 4. The minimum atomic E-state index is -0.145. The van der Waals surface area contributed by atoms with E-state index in [9.17, 15) is 4.79 Å². The Morgan fingerprint density at radius 2 is 2.40 bits per heavy atom. The van der Waals surface area contributed by atoms with Crippen LogP contribution in [0.5, 0.6) is 0 Å². The third-order valence-corrected chi connectivity index (χ3v) is 3.41. The van der Waals surface area contributed by atoms with Crippen LogP contribution in [0.25, 0.3) is 0 Å². The summed E-state index contributed by atoms with van der Waals surface area (Å²) in [7, 11) is 0. The van der Waals surface area contributed by atoms with Gasteiger partial charge in [-0.2, -0.15) is 0 Å². The summed E-state index contributed by atoms with van der Waals surface area (Å²) in [6.45, 7) is 2.03. The van der Waals surface area contributed by atoms with Crippen LogP contribution in [0.15, 0.2) is 22.8 Å². The van der Waals surface area contributed by atoms with Crippen molar-refractivity contribution < 1.29 is 4.79 Å². The van der Waals surface area contributed by atoms with Crippen molar-refractivity contribution in [1.82, 2.24) is 10.3 Å². The minimum Gasteiger partial charge on any atom is -0.347 e. The number of carbonyl (C=O) groups excluding carboxylic acids is 1. The average Bonchev–Trinajstić information content (AvgIpc) is 2.26. The number of hydrogen-bond acceptors (Lipinski definition) is 2. The van der Waals surface area contributed by atoms with E-state index in [4.69, 9.17) is 0 Å². The van der Waals surface area contributed by atoms with Crippen LogP contribution >= 0.6 is 31.9 Å². The first-order valence-corrected chi connectivity index (χ1v) is 6.57. The fourth-order valence-electron chi connectivity index (χ4n) is 1.06. The van der Waals surface area contributed by atoms with Crippen LogP contribution in [0.4, 0.5) is 0 Å². The lowest BCUT2D eigenvalue weighted by molar-refractivity contribution is 0.0934.